The maximum atomic E-state index is 4.27. The van der Waals surface area contributed by atoms with E-state index in [0.717, 1.165) is 6.42 Å². The largest absolute Gasteiger partial charge is 0.282 e. The summed E-state index contributed by atoms with van der Waals surface area (Å²) in [4.78, 5) is 4.27. The molecule has 0 amide bonds. The first-order valence-electron chi connectivity index (χ1n) is 3.39. The smallest absolute Gasteiger partial charge is 0.0871 e. The zero-order chi connectivity index (χ0) is 7.45. The Bertz CT molecular complexity index is 213. The van der Waals surface area contributed by atoms with Crippen LogP contribution in [0.15, 0.2) is 17.1 Å². The molecule has 0 spiro atoms. The van der Waals surface area contributed by atoms with Crippen molar-refractivity contribution in [3.8, 4) is 11.8 Å². The monoisotopic (exact) mass is 133 g/mol. The van der Waals surface area contributed by atoms with Gasteiger partial charge in [-0.15, -0.1) is 11.8 Å². The first-order chi connectivity index (χ1) is 4.77. The SMILES string of the molecule is CC#CCC1(C)C=CC=N1. The van der Waals surface area contributed by atoms with E-state index in [2.05, 4.69) is 29.8 Å². The maximum Gasteiger partial charge on any atom is 0.0871 e. The fourth-order valence-corrected chi connectivity index (χ4v) is 0.879. The van der Waals surface area contributed by atoms with Crippen LogP contribution in [0.4, 0.5) is 0 Å². The molecule has 1 heterocycles. The molecule has 1 aliphatic rings. The van der Waals surface area contributed by atoms with Gasteiger partial charge >= 0.3 is 0 Å². The lowest BCUT2D eigenvalue weighted by Crippen LogP contribution is -2.14. The molecule has 10 heavy (non-hydrogen) atoms. The molecule has 0 aliphatic carbocycles. The molecule has 1 rings (SSSR count). The highest BCUT2D eigenvalue weighted by molar-refractivity contribution is 5.75. The highest BCUT2D eigenvalue weighted by Gasteiger charge is 2.18. The lowest BCUT2D eigenvalue weighted by molar-refractivity contribution is 0.620. The summed E-state index contributed by atoms with van der Waals surface area (Å²) >= 11 is 0. The van der Waals surface area contributed by atoms with E-state index in [9.17, 15) is 0 Å². The first kappa shape index (κ1) is 7.08. The van der Waals surface area contributed by atoms with Gasteiger partial charge in [0, 0.05) is 12.6 Å². The van der Waals surface area contributed by atoms with Crippen LogP contribution in [0, 0.1) is 11.8 Å². The Morgan fingerprint density at radius 1 is 1.60 bits per heavy atom. The molecule has 0 aromatic carbocycles. The van der Waals surface area contributed by atoms with E-state index in [1.54, 1.807) is 0 Å². The molecule has 52 valence electrons. The number of hydrogen-bond donors (Lipinski definition) is 0. The van der Waals surface area contributed by atoms with Gasteiger partial charge in [-0.05, 0) is 19.9 Å². The molecule has 0 fully saturated rings. The van der Waals surface area contributed by atoms with Crippen molar-refractivity contribution in [2.75, 3.05) is 0 Å². The molecule has 1 heteroatoms. The van der Waals surface area contributed by atoms with Gasteiger partial charge in [0.25, 0.3) is 0 Å². The molecule has 1 unspecified atom stereocenters. The third-order valence-electron chi connectivity index (χ3n) is 1.53. The normalized spacial score (nSPS) is 28.2. The van der Waals surface area contributed by atoms with Crippen molar-refractivity contribution >= 4 is 6.21 Å². The average Bonchev–Trinajstić information content (AvgIpc) is 2.33. The molecule has 0 aromatic heterocycles. The highest BCUT2D eigenvalue weighted by atomic mass is 14.8. The van der Waals surface area contributed by atoms with Gasteiger partial charge in [0.15, 0.2) is 0 Å². The van der Waals surface area contributed by atoms with Crippen molar-refractivity contribution in [1.82, 2.24) is 0 Å². The molecule has 1 atom stereocenters. The van der Waals surface area contributed by atoms with Gasteiger partial charge in [-0.2, -0.15) is 0 Å². The number of rotatable bonds is 1. The first-order valence-corrected chi connectivity index (χ1v) is 3.39. The number of nitrogens with zero attached hydrogens (tertiary/aromatic N) is 1. The minimum absolute atomic E-state index is 0.0387. The van der Waals surface area contributed by atoms with E-state index in [0.29, 0.717) is 0 Å². The summed E-state index contributed by atoms with van der Waals surface area (Å²) in [5.74, 6) is 5.88. The van der Waals surface area contributed by atoms with Crippen LogP contribution < -0.4 is 0 Å². The van der Waals surface area contributed by atoms with Crippen LogP contribution in [0.2, 0.25) is 0 Å². The van der Waals surface area contributed by atoms with Crippen molar-refractivity contribution in [2.45, 2.75) is 25.8 Å². The number of allylic oxidation sites excluding steroid dienone is 1. The summed E-state index contributed by atoms with van der Waals surface area (Å²) in [6.45, 7) is 3.93. The standard InChI is InChI=1S/C9H11N/c1-3-4-6-9(2)7-5-8-10-9/h5,7-8H,6H2,1-2H3. The van der Waals surface area contributed by atoms with Crippen LogP contribution in [0.25, 0.3) is 0 Å². The predicted molar refractivity (Wildman–Crippen MR) is 44.1 cm³/mol. The highest BCUT2D eigenvalue weighted by Crippen LogP contribution is 2.19. The Morgan fingerprint density at radius 2 is 2.40 bits per heavy atom. The van der Waals surface area contributed by atoms with Crippen LogP contribution in [-0.2, 0) is 0 Å². The zero-order valence-electron chi connectivity index (χ0n) is 6.39. The van der Waals surface area contributed by atoms with Gasteiger partial charge in [0.05, 0.1) is 5.54 Å². The van der Waals surface area contributed by atoms with Gasteiger partial charge < -0.3 is 0 Å². The maximum absolute atomic E-state index is 4.27. The molecule has 0 aromatic rings. The summed E-state index contributed by atoms with van der Waals surface area (Å²) in [6, 6.07) is 0. The van der Waals surface area contributed by atoms with Gasteiger partial charge in [0.2, 0.25) is 0 Å². The minimum atomic E-state index is -0.0387. The second kappa shape index (κ2) is 2.70. The van der Waals surface area contributed by atoms with Gasteiger partial charge in [-0.25, -0.2) is 0 Å². The summed E-state index contributed by atoms with van der Waals surface area (Å²) < 4.78 is 0. The van der Waals surface area contributed by atoms with Gasteiger partial charge in [0.1, 0.15) is 0 Å². The summed E-state index contributed by atoms with van der Waals surface area (Å²) in [5.41, 5.74) is -0.0387. The van der Waals surface area contributed by atoms with Crippen molar-refractivity contribution in [3.05, 3.63) is 12.2 Å². The zero-order valence-corrected chi connectivity index (χ0v) is 6.39. The fourth-order valence-electron chi connectivity index (χ4n) is 0.879. The number of aliphatic imine (C=N–C) groups is 1. The Kier molecular flexibility index (Phi) is 1.91. The second-order valence-electron chi connectivity index (χ2n) is 2.60. The second-order valence-corrected chi connectivity index (χ2v) is 2.60. The summed E-state index contributed by atoms with van der Waals surface area (Å²) in [6.07, 6.45) is 6.71. The van der Waals surface area contributed by atoms with Crippen molar-refractivity contribution in [1.29, 1.82) is 0 Å². The third-order valence-corrected chi connectivity index (χ3v) is 1.53. The molecule has 0 radical (unpaired) electrons. The lowest BCUT2D eigenvalue weighted by atomic mass is 10.0. The Hall–Kier alpha value is -1.03. The van der Waals surface area contributed by atoms with E-state index in [1.165, 1.54) is 0 Å². The van der Waals surface area contributed by atoms with E-state index in [-0.39, 0.29) is 5.54 Å². The van der Waals surface area contributed by atoms with E-state index >= 15 is 0 Å². The van der Waals surface area contributed by atoms with Gasteiger partial charge in [-0.3, -0.25) is 4.99 Å². The van der Waals surface area contributed by atoms with E-state index < -0.39 is 0 Å². The molecule has 0 bridgehead atoms. The molecule has 1 nitrogen and oxygen atoms in total. The Labute approximate surface area is 61.9 Å². The molecule has 1 aliphatic heterocycles. The van der Waals surface area contributed by atoms with E-state index in [4.69, 9.17) is 0 Å². The van der Waals surface area contributed by atoms with Crippen molar-refractivity contribution in [2.24, 2.45) is 4.99 Å². The summed E-state index contributed by atoms with van der Waals surface area (Å²) in [7, 11) is 0. The fraction of sp³-hybridized carbons (Fsp3) is 0.444. The van der Waals surface area contributed by atoms with Crippen molar-refractivity contribution in [3.63, 3.8) is 0 Å². The van der Waals surface area contributed by atoms with E-state index in [1.807, 2.05) is 19.2 Å². The van der Waals surface area contributed by atoms with Crippen LogP contribution >= 0.6 is 0 Å². The van der Waals surface area contributed by atoms with Gasteiger partial charge in [-0.1, -0.05) is 6.08 Å². The van der Waals surface area contributed by atoms with Crippen LogP contribution in [0.3, 0.4) is 0 Å². The Balaban J connectivity index is 2.59. The molecule has 0 saturated carbocycles. The molecular weight excluding hydrogens is 122 g/mol. The average molecular weight is 133 g/mol. The van der Waals surface area contributed by atoms with Crippen LogP contribution in [0.1, 0.15) is 20.3 Å². The topological polar surface area (TPSA) is 12.4 Å². The van der Waals surface area contributed by atoms with Crippen molar-refractivity contribution < 1.29 is 0 Å². The summed E-state index contributed by atoms with van der Waals surface area (Å²) in [5, 5.41) is 0. The quantitative estimate of drug-likeness (QED) is 0.484. The molecule has 0 N–H and O–H groups in total. The predicted octanol–water partition coefficient (Wildman–Crippen LogP) is 1.80. The van der Waals surface area contributed by atoms with Crippen LogP contribution in [0.5, 0.6) is 0 Å². The number of hydrogen-bond acceptors (Lipinski definition) is 1. The third kappa shape index (κ3) is 1.48. The van der Waals surface area contributed by atoms with Crippen LogP contribution in [-0.4, -0.2) is 11.8 Å². The molecular formula is C9H11N. The Morgan fingerprint density at radius 3 is 2.90 bits per heavy atom. The minimum Gasteiger partial charge on any atom is -0.282 e. The lowest BCUT2D eigenvalue weighted by Gasteiger charge is -2.13. The molecule has 0 saturated heterocycles.